The third kappa shape index (κ3) is 3.45. The molecule has 5 atom stereocenters. The number of hydrogen-bond donors (Lipinski definition) is 1. The van der Waals surface area contributed by atoms with E-state index in [1.165, 1.54) is 30.4 Å². The first-order chi connectivity index (χ1) is 10.9. The van der Waals surface area contributed by atoms with Crippen LogP contribution in [0, 0.1) is 17.3 Å². The van der Waals surface area contributed by atoms with Crippen molar-refractivity contribution in [1.29, 1.82) is 0 Å². The average molecular weight is 376 g/mol. The van der Waals surface area contributed by atoms with Crippen molar-refractivity contribution in [2.75, 3.05) is 0 Å². The Kier molecular flexibility index (Phi) is 5.71. The molecule has 3 aliphatic carbocycles. The van der Waals surface area contributed by atoms with E-state index in [0.29, 0.717) is 23.7 Å². The largest absolute Gasteiger partial charge is 1.00 e. The van der Waals surface area contributed by atoms with Gasteiger partial charge in [0.05, 0.1) is 6.10 Å². The van der Waals surface area contributed by atoms with Crippen molar-refractivity contribution in [3.8, 4) is 0 Å². The van der Waals surface area contributed by atoms with Gasteiger partial charge in [-0.05, 0) is 60.0 Å². The van der Waals surface area contributed by atoms with E-state index in [4.69, 9.17) is 4.18 Å². The van der Waals surface area contributed by atoms with Gasteiger partial charge < -0.3 is 0 Å². The molecule has 1 aromatic carbocycles. The summed E-state index contributed by atoms with van der Waals surface area (Å²) in [5.41, 5.74) is 2.83. The zero-order valence-electron chi connectivity index (χ0n) is 14.4. The maximum atomic E-state index is 11.4. The van der Waals surface area contributed by atoms with Crippen LogP contribution < -0.4 is 51.4 Å². The summed E-state index contributed by atoms with van der Waals surface area (Å²) in [6.45, 7) is 2.35. The first-order valence-electron chi connectivity index (χ1n) is 8.61. The Hall–Kier alpha value is 0.726. The van der Waals surface area contributed by atoms with Gasteiger partial charge in [-0.25, -0.2) is 4.18 Å². The molecule has 1 N–H and O–H groups in total. The Labute approximate surface area is 187 Å². The van der Waals surface area contributed by atoms with E-state index in [1.54, 1.807) is 0 Å². The van der Waals surface area contributed by atoms with Crippen LogP contribution in [0.4, 0.5) is 0 Å². The Morgan fingerprint density at radius 1 is 1.21 bits per heavy atom. The molecule has 0 heterocycles. The number of fused-ring (bicyclic) bond motifs is 5. The summed E-state index contributed by atoms with van der Waals surface area (Å²) >= 11 is 0. The standard InChI is InChI=1S/C18H24O4S.K/c1-18-9-4-7-15(18)17-14(8-10-18)13-6-3-2-5-12(13)11-16(17)22-23(19,20)21;/h2-3,5-6,14-17H,4,7-11H2,1H3,(H,19,20,21);/q;+1/t14-,15+,16?,17-,18+;/m1./s1. The summed E-state index contributed by atoms with van der Waals surface area (Å²) in [5.74, 6) is 1.03. The molecule has 126 valence electrons. The molecule has 0 spiro atoms. The third-order valence-corrected chi connectivity index (χ3v) is 7.15. The summed E-state index contributed by atoms with van der Waals surface area (Å²) in [7, 11) is -4.43. The minimum Gasteiger partial charge on any atom is -0.264 e. The van der Waals surface area contributed by atoms with E-state index in [0.717, 1.165) is 12.8 Å². The molecule has 3 aliphatic rings. The van der Waals surface area contributed by atoms with Gasteiger partial charge in [0.1, 0.15) is 0 Å². The molecule has 0 bridgehead atoms. The van der Waals surface area contributed by atoms with Crippen LogP contribution in [-0.4, -0.2) is 19.1 Å². The predicted molar refractivity (Wildman–Crippen MR) is 87.5 cm³/mol. The molecule has 0 aliphatic heterocycles. The summed E-state index contributed by atoms with van der Waals surface area (Å²) in [4.78, 5) is 0. The molecule has 6 heteroatoms. The van der Waals surface area contributed by atoms with Gasteiger partial charge in [0, 0.05) is 6.42 Å². The first-order valence-corrected chi connectivity index (χ1v) is 9.97. The molecule has 4 rings (SSSR count). The van der Waals surface area contributed by atoms with Crippen LogP contribution in [0.1, 0.15) is 56.1 Å². The normalized spacial score (nSPS) is 37.8. The quantitative estimate of drug-likeness (QED) is 0.612. The van der Waals surface area contributed by atoms with Gasteiger partial charge in [0.15, 0.2) is 0 Å². The van der Waals surface area contributed by atoms with E-state index in [2.05, 4.69) is 25.1 Å². The fourth-order valence-corrected chi connectivity index (χ4v) is 6.26. The zero-order valence-corrected chi connectivity index (χ0v) is 18.4. The van der Waals surface area contributed by atoms with Gasteiger partial charge in [-0.3, -0.25) is 4.55 Å². The smallest absolute Gasteiger partial charge is 0.264 e. The molecule has 0 saturated heterocycles. The maximum Gasteiger partial charge on any atom is 1.00 e. The SMILES string of the molecule is C[C@@]12CCC[C@H]1[C@@H]1C(OS(=O)(=O)O)Cc3ccccc3[C@H]1CC2.[K+]. The summed E-state index contributed by atoms with van der Waals surface area (Å²) in [5, 5.41) is 0. The van der Waals surface area contributed by atoms with E-state index in [1.807, 2.05) is 6.07 Å². The van der Waals surface area contributed by atoms with Gasteiger partial charge in [-0.15, -0.1) is 0 Å². The molecule has 0 radical (unpaired) electrons. The van der Waals surface area contributed by atoms with Gasteiger partial charge in [-0.1, -0.05) is 37.6 Å². The molecular weight excluding hydrogens is 351 g/mol. The van der Waals surface area contributed by atoms with Crippen LogP contribution in [0.3, 0.4) is 0 Å². The molecule has 1 aromatic rings. The van der Waals surface area contributed by atoms with Crippen molar-refractivity contribution < 1.29 is 68.5 Å². The average Bonchev–Trinajstić information content (AvgIpc) is 2.87. The molecule has 2 saturated carbocycles. The van der Waals surface area contributed by atoms with Gasteiger partial charge in [-0.2, -0.15) is 8.42 Å². The number of hydrogen-bond acceptors (Lipinski definition) is 3. The van der Waals surface area contributed by atoms with Crippen LogP contribution >= 0.6 is 0 Å². The molecular formula is C18H24KO4S+. The van der Waals surface area contributed by atoms with Crippen LogP contribution in [0.5, 0.6) is 0 Å². The Morgan fingerprint density at radius 2 is 1.96 bits per heavy atom. The minimum atomic E-state index is -4.43. The van der Waals surface area contributed by atoms with Crippen LogP contribution in [0.2, 0.25) is 0 Å². The van der Waals surface area contributed by atoms with Gasteiger partial charge >= 0.3 is 61.8 Å². The molecule has 4 nitrogen and oxygen atoms in total. The fraction of sp³-hybridized carbons (Fsp3) is 0.667. The molecule has 0 amide bonds. The number of benzene rings is 1. The second kappa shape index (κ2) is 7.04. The van der Waals surface area contributed by atoms with E-state index >= 15 is 0 Å². The van der Waals surface area contributed by atoms with Crippen molar-refractivity contribution in [3.05, 3.63) is 35.4 Å². The third-order valence-electron chi connectivity index (χ3n) is 6.66. The van der Waals surface area contributed by atoms with E-state index in [9.17, 15) is 13.0 Å². The Morgan fingerprint density at radius 3 is 2.71 bits per heavy atom. The number of rotatable bonds is 2. The van der Waals surface area contributed by atoms with Crippen LogP contribution in [-0.2, 0) is 21.0 Å². The van der Waals surface area contributed by atoms with Crippen molar-refractivity contribution in [3.63, 3.8) is 0 Å². The molecule has 2 fully saturated rings. The summed E-state index contributed by atoms with van der Waals surface area (Å²) in [6, 6.07) is 8.32. The zero-order chi connectivity index (χ0) is 16.2. The Balaban J connectivity index is 0.00000169. The summed E-state index contributed by atoms with van der Waals surface area (Å²) < 4.78 is 37.2. The van der Waals surface area contributed by atoms with Crippen LogP contribution in [0.15, 0.2) is 24.3 Å². The maximum absolute atomic E-state index is 11.4. The van der Waals surface area contributed by atoms with Gasteiger partial charge in [0.25, 0.3) is 0 Å². The summed E-state index contributed by atoms with van der Waals surface area (Å²) in [6.07, 6.45) is 6.00. The van der Waals surface area contributed by atoms with Crippen molar-refractivity contribution in [1.82, 2.24) is 0 Å². The fourth-order valence-electron chi connectivity index (χ4n) is 5.76. The second-order valence-electron chi connectivity index (χ2n) is 7.84. The van der Waals surface area contributed by atoms with Gasteiger partial charge in [0.2, 0.25) is 0 Å². The predicted octanol–water partition coefficient (Wildman–Crippen LogP) is 0.735. The second-order valence-corrected chi connectivity index (χ2v) is 8.89. The Bertz CT molecular complexity index is 719. The van der Waals surface area contributed by atoms with E-state index < -0.39 is 16.5 Å². The molecule has 0 aromatic heterocycles. The van der Waals surface area contributed by atoms with Crippen molar-refractivity contribution in [2.45, 2.75) is 57.5 Å². The van der Waals surface area contributed by atoms with Crippen molar-refractivity contribution >= 4 is 10.4 Å². The van der Waals surface area contributed by atoms with E-state index in [-0.39, 0.29) is 57.3 Å². The minimum absolute atomic E-state index is 0. The molecule has 1 unspecified atom stereocenters. The monoisotopic (exact) mass is 375 g/mol. The molecule has 24 heavy (non-hydrogen) atoms. The topological polar surface area (TPSA) is 63.6 Å². The first kappa shape index (κ1) is 19.5. The van der Waals surface area contributed by atoms with Crippen molar-refractivity contribution in [2.24, 2.45) is 17.3 Å². The van der Waals surface area contributed by atoms with Crippen LogP contribution in [0.25, 0.3) is 0 Å².